The first-order valence-electron chi connectivity index (χ1n) is 8.22. The van der Waals surface area contributed by atoms with Crippen LogP contribution in [0.5, 0.6) is 0 Å². The van der Waals surface area contributed by atoms with Crippen LogP contribution < -0.4 is 11.3 Å². The third kappa shape index (κ3) is 2.75. The first-order valence-corrected chi connectivity index (χ1v) is 8.22. The summed E-state index contributed by atoms with van der Waals surface area (Å²) in [5, 5.41) is 0. The van der Waals surface area contributed by atoms with Crippen LogP contribution in [0.15, 0.2) is 0 Å². The second kappa shape index (κ2) is 6.38. The predicted molar refractivity (Wildman–Crippen MR) is 78.0 cm³/mol. The predicted octanol–water partition coefficient (Wildman–Crippen LogP) is 4.01. The van der Waals surface area contributed by atoms with Gasteiger partial charge in [0, 0.05) is 6.04 Å². The minimum absolute atomic E-state index is 0.512. The van der Waals surface area contributed by atoms with Gasteiger partial charge in [-0.1, -0.05) is 46.0 Å². The van der Waals surface area contributed by atoms with Crippen LogP contribution in [0.3, 0.4) is 0 Å². The number of hydrogen-bond donors (Lipinski definition) is 2. The molecular formula is C16H32N2. The monoisotopic (exact) mass is 252 g/mol. The smallest absolute Gasteiger partial charge is 0.0295 e. The van der Waals surface area contributed by atoms with Gasteiger partial charge >= 0.3 is 0 Å². The molecule has 0 saturated heterocycles. The maximum Gasteiger partial charge on any atom is 0.0295 e. The minimum Gasteiger partial charge on any atom is -0.271 e. The van der Waals surface area contributed by atoms with E-state index in [0.29, 0.717) is 11.5 Å². The maximum absolute atomic E-state index is 5.96. The maximum atomic E-state index is 5.96. The highest BCUT2D eigenvalue weighted by Gasteiger charge is 2.43. The van der Waals surface area contributed by atoms with Crippen molar-refractivity contribution < 1.29 is 0 Å². The molecule has 2 aliphatic rings. The van der Waals surface area contributed by atoms with Crippen LogP contribution in [0.25, 0.3) is 0 Å². The van der Waals surface area contributed by atoms with E-state index in [-0.39, 0.29) is 0 Å². The van der Waals surface area contributed by atoms with Crippen LogP contribution in [0, 0.1) is 17.3 Å². The fourth-order valence-electron chi connectivity index (χ4n) is 4.71. The van der Waals surface area contributed by atoms with Gasteiger partial charge in [-0.15, -0.1) is 0 Å². The topological polar surface area (TPSA) is 38.0 Å². The fourth-order valence-corrected chi connectivity index (χ4v) is 4.71. The summed E-state index contributed by atoms with van der Waals surface area (Å²) < 4.78 is 0. The third-order valence-electron chi connectivity index (χ3n) is 6.08. The summed E-state index contributed by atoms with van der Waals surface area (Å²) in [5.41, 5.74) is 3.75. The van der Waals surface area contributed by atoms with E-state index in [1.807, 2.05) is 0 Å². The molecular weight excluding hydrogens is 220 g/mol. The van der Waals surface area contributed by atoms with Crippen molar-refractivity contribution in [2.45, 2.75) is 84.1 Å². The lowest BCUT2D eigenvalue weighted by molar-refractivity contribution is 0.0974. The van der Waals surface area contributed by atoms with Crippen LogP contribution in [0.1, 0.15) is 78.1 Å². The Morgan fingerprint density at radius 1 is 1.11 bits per heavy atom. The standard InChI is InChI=1S/C16H32N2/c1-3-13-7-9-14(10-8-13)15(18-17)16(4-2)11-5-6-12-16/h13-15,18H,3-12,17H2,1-2H3. The number of hydrazine groups is 1. The Labute approximate surface area is 113 Å². The largest absolute Gasteiger partial charge is 0.271 e. The highest BCUT2D eigenvalue weighted by Crippen LogP contribution is 2.48. The number of hydrogen-bond acceptors (Lipinski definition) is 2. The molecule has 0 radical (unpaired) electrons. The lowest BCUT2D eigenvalue weighted by Crippen LogP contribution is -2.52. The number of rotatable bonds is 5. The molecule has 2 nitrogen and oxygen atoms in total. The summed E-state index contributed by atoms with van der Waals surface area (Å²) in [6.07, 6.45) is 13.9. The molecule has 0 aromatic rings. The van der Waals surface area contributed by atoms with Gasteiger partial charge in [0.2, 0.25) is 0 Å². The molecule has 106 valence electrons. The van der Waals surface area contributed by atoms with Crippen LogP contribution >= 0.6 is 0 Å². The molecule has 2 saturated carbocycles. The van der Waals surface area contributed by atoms with Gasteiger partial charge in [-0.05, 0) is 49.4 Å². The van der Waals surface area contributed by atoms with Gasteiger partial charge < -0.3 is 0 Å². The van der Waals surface area contributed by atoms with Crippen molar-refractivity contribution in [1.29, 1.82) is 0 Å². The quantitative estimate of drug-likeness (QED) is 0.573. The molecule has 0 bridgehead atoms. The minimum atomic E-state index is 0.512. The summed E-state index contributed by atoms with van der Waals surface area (Å²) in [4.78, 5) is 0. The molecule has 0 heterocycles. The van der Waals surface area contributed by atoms with Gasteiger partial charge in [0.05, 0.1) is 0 Å². The lowest BCUT2D eigenvalue weighted by atomic mass is 9.66. The Balaban J connectivity index is 2.00. The van der Waals surface area contributed by atoms with E-state index in [4.69, 9.17) is 5.84 Å². The number of nitrogens with one attached hydrogen (secondary N) is 1. The van der Waals surface area contributed by atoms with Crippen molar-refractivity contribution in [2.75, 3.05) is 0 Å². The molecule has 2 aliphatic carbocycles. The van der Waals surface area contributed by atoms with E-state index in [1.54, 1.807) is 0 Å². The molecule has 3 N–H and O–H groups in total. The van der Waals surface area contributed by atoms with Crippen molar-refractivity contribution in [3.63, 3.8) is 0 Å². The van der Waals surface area contributed by atoms with E-state index in [2.05, 4.69) is 19.3 Å². The second-order valence-electron chi connectivity index (χ2n) is 6.76. The fraction of sp³-hybridized carbons (Fsp3) is 1.00. The molecule has 1 atom stereocenters. The summed E-state index contributed by atoms with van der Waals surface area (Å²) in [7, 11) is 0. The zero-order valence-corrected chi connectivity index (χ0v) is 12.4. The molecule has 18 heavy (non-hydrogen) atoms. The van der Waals surface area contributed by atoms with E-state index in [9.17, 15) is 0 Å². The molecule has 0 amide bonds. The van der Waals surface area contributed by atoms with E-state index < -0.39 is 0 Å². The Morgan fingerprint density at radius 3 is 2.17 bits per heavy atom. The van der Waals surface area contributed by atoms with Crippen LogP contribution in [-0.4, -0.2) is 6.04 Å². The van der Waals surface area contributed by atoms with Gasteiger partial charge in [0.1, 0.15) is 0 Å². The van der Waals surface area contributed by atoms with Crippen LogP contribution in [0.2, 0.25) is 0 Å². The van der Waals surface area contributed by atoms with Gasteiger partial charge in [0.25, 0.3) is 0 Å². The van der Waals surface area contributed by atoms with E-state index in [1.165, 1.54) is 64.2 Å². The zero-order chi connectivity index (χ0) is 13.0. The van der Waals surface area contributed by atoms with Crippen molar-refractivity contribution >= 4 is 0 Å². The first kappa shape index (κ1) is 14.3. The number of nitrogens with two attached hydrogens (primary N) is 1. The molecule has 2 heteroatoms. The summed E-state index contributed by atoms with van der Waals surface area (Å²) in [6, 6.07) is 0.572. The van der Waals surface area contributed by atoms with Crippen LogP contribution in [0.4, 0.5) is 0 Å². The Hall–Kier alpha value is -0.0800. The van der Waals surface area contributed by atoms with Gasteiger partial charge in [0.15, 0.2) is 0 Å². The molecule has 1 unspecified atom stereocenters. The average molecular weight is 252 g/mol. The second-order valence-corrected chi connectivity index (χ2v) is 6.76. The average Bonchev–Trinajstić information content (AvgIpc) is 2.90. The molecule has 0 spiro atoms. The van der Waals surface area contributed by atoms with Crippen molar-refractivity contribution in [3.05, 3.63) is 0 Å². The molecule has 0 aliphatic heterocycles. The van der Waals surface area contributed by atoms with Gasteiger partial charge in [-0.3, -0.25) is 11.3 Å². The Morgan fingerprint density at radius 2 is 1.72 bits per heavy atom. The normalized spacial score (nSPS) is 33.5. The van der Waals surface area contributed by atoms with Crippen molar-refractivity contribution in [1.82, 2.24) is 5.43 Å². The lowest BCUT2D eigenvalue weighted by Gasteiger charge is -2.43. The highest BCUT2D eigenvalue weighted by atomic mass is 15.2. The van der Waals surface area contributed by atoms with Crippen molar-refractivity contribution in [2.24, 2.45) is 23.1 Å². The summed E-state index contributed by atoms with van der Waals surface area (Å²) >= 11 is 0. The van der Waals surface area contributed by atoms with Crippen molar-refractivity contribution in [3.8, 4) is 0 Å². The van der Waals surface area contributed by atoms with Gasteiger partial charge in [-0.25, -0.2) is 0 Å². The van der Waals surface area contributed by atoms with Crippen LogP contribution in [-0.2, 0) is 0 Å². The SMILES string of the molecule is CCC1CCC(C(NN)C2(CC)CCCC2)CC1. The molecule has 0 aromatic carbocycles. The van der Waals surface area contributed by atoms with E-state index >= 15 is 0 Å². The molecule has 0 aromatic heterocycles. The van der Waals surface area contributed by atoms with Gasteiger partial charge in [-0.2, -0.15) is 0 Å². The Kier molecular flexibility index (Phi) is 5.08. The first-order chi connectivity index (χ1) is 8.75. The summed E-state index contributed by atoms with van der Waals surface area (Å²) in [5.74, 6) is 7.78. The molecule has 2 rings (SSSR count). The highest BCUT2D eigenvalue weighted by molar-refractivity contribution is 4.97. The Bertz CT molecular complexity index is 237. The zero-order valence-electron chi connectivity index (χ0n) is 12.4. The third-order valence-corrected chi connectivity index (χ3v) is 6.08. The summed E-state index contributed by atoms with van der Waals surface area (Å²) in [6.45, 7) is 4.71. The molecule has 2 fully saturated rings. The van der Waals surface area contributed by atoms with E-state index in [0.717, 1.165) is 11.8 Å².